The molecular formula is C11H13Br2NOS2. The Morgan fingerprint density at radius 1 is 1.35 bits per heavy atom. The lowest BCUT2D eigenvalue weighted by Gasteiger charge is -2.34. The number of thiophene rings is 1. The highest BCUT2D eigenvalue weighted by molar-refractivity contribution is 9.13. The van der Waals surface area contributed by atoms with Crippen LogP contribution in [0.2, 0.25) is 0 Å². The molecule has 1 aromatic rings. The smallest absolute Gasteiger partial charge is 0.264 e. The van der Waals surface area contributed by atoms with Gasteiger partial charge in [-0.2, -0.15) is 11.8 Å². The molecule has 0 aliphatic carbocycles. The van der Waals surface area contributed by atoms with Gasteiger partial charge < -0.3 is 4.90 Å². The van der Waals surface area contributed by atoms with E-state index in [9.17, 15) is 4.79 Å². The number of amides is 1. The number of nitrogens with zero attached hydrogens (tertiary/aromatic N) is 1. The van der Waals surface area contributed by atoms with Crippen LogP contribution in [-0.4, -0.2) is 34.4 Å². The first-order chi connectivity index (χ1) is 7.97. The molecule has 0 saturated carbocycles. The van der Waals surface area contributed by atoms with Crippen LogP contribution in [0.4, 0.5) is 0 Å². The highest BCUT2D eigenvalue weighted by atomic mass is 79.9. The molecule has 1 amide bonds. The first-order valence-electron chi connectivity index (χ1n) is 5.37. The molecule has 2 heterocycles. The summed E-state index contributed by atoms with van der Waals surface area (Å²) in [6.45, 7) is 6.06. The fourth-order valence-electron chi connectivity index (χ4n) is 1.95. The molecule has 1 aliphatic rings. The third kappa shape index (κ3) is 3.28. The van der Waals surface area contributed by atoms with Crippen molar-refractivity contribution >= 4 is 60.9 Å². The molecule has 0 spiro atoms. The summed E-state index contributed by atoms with van der Waals surface area (Å²) >= 11 is 10.3. The normalized spacial score (nSPS) is 25.1. The number of carbonyl (C=O) groups is 1. The zero-order valence-corrected chi connectivity index (χ0v) is 14.4. The first kappa shape index (κ1) is 13.9. The molecule has 17 heavy (non-hydrogen) atoms. The van der Waals surface area contributed by atoms with Gasteiger partial charge in [0, 0.05) is 28.1 Å². The van der Waals surface area contributed by atoms with E-state index < -0.39 is 0 Å². The van der Waals surface area contributed by atoms with E-state index >= 15 is 0 Å². The minimum atomic E-state index is 0.153. The molecule has 1 aliphatic heterocycles. The Bertz CT molecular complexity index is 406. The van der Waals surface area contributed by atoms with Crippen molar-refractivity contribution in [2.45, 2.75) is 24.3 Å². The monoisotopic (exact) mass is 397 g/mol. The van der Waals surface area contributed by atoms with Gasteiger partial charge in [-0.15, -0.1) is 11.3 Å². The Hall–Kier alpha value is 0.480. The molecule has 1 fully saturated rings. The summed E-state index contributed by atoms with van der Waals surface area (Å²) in [5, 5.41) is 1.05. The van der Waals surface area contributed by atoms with Crippen molar-refractivity contribution in [3.8, 4) is 0 Å². The van der Waals surface area contributed by atoms with Gasteiger partial charge in [-0.1, -0.05) is 13.8 Å². The minimum Gasteiger partial charge on any atom is -0.336 e. The highest BCUT2D eigenvalue weighted by Crippen LogP contribution is 2.34. The molecule has 6 heteroatoms. The van der Waals surface area contributed by atoms with E-state index in [1.807, 2.05) is 22.7 Å². The van der Waals surface area contributed by atoms with Gasteiger partial charge in [0.1, 0.15) is 0 Å². The molecule has 1 saturated heterocycles. The van der Waals surface area contributed by atoms with Crippen LogP contribution < -0.4 is 0 Å². The summed E-state index contributed by atoms with van der Waals surface area (Å²) < 4.78 is 1.94. The zero-order valence-electron chi connectivity index (χ0n) is 9.57. The second-order valence-electron chi connectivity index (χ2n) is 4.20. The number of thioether (sulfide) groups is 1. The van der Waals surface area contributed by atoms with E-state index in [0.717, 1.165) is 26.2 Å². The van der Waals surface area contributed by atoms with Crippen molar-refractivity contribution in [1.29, 1.82) is 0 Å². The van der Waals surface area contributed by atoms with E-state index in [1.165, 1.54) is 11.3 Å². The molecule has 0 N–H and O–H groups in total. The van der Waals surface area contributed by atoms with E-state index in [2.05, 4.69) is 45.7 Å². The number of hydrogen-bond acceptors (Lipinski definition) is 3. The maximum absolute atomic E-state index is 12.3. The predicted molar refractivity (Wildman–Crippen MR) is 82.1 cm³/mol. The topological polar surface area (TPSA) is 20.3 Å². The minimum absolute atomic E-state index is 0.153. The van der Waals surface area contributed by atoms with Crippen molar-refractivity contribution in [2.75, 3.05) is 13.1 Å². The van der Waals surface area contributed by atoms with Gasteiger partial charge in [-0.05, 0) is 37.9 Å². The SMILES string of the molecule is CC1CN(C(=O)c2cc(Br)c(Br)s2)CC(C)S1. The molecule has 0 radical (unpaired) electrons. The fourth-order valence-corrected chi connectivity index (χ4v) is 5.28. The van der Waals surface area contributed by atoms with Crippen LogP contribution in [0.1, 0.15) is 23.5 Å². The summed E-state index contributed by atoms with van der Waals surface area (Å²) in [4.78, 5) is 15.1. The van der Waals surface area contributed by atoms with Crippen molar-refractivity contribution in [2.24, 2.45) is 0 Å². The summed E-state index contributed by atoms with van der Waals surface area (Å²) in [7, 11) is 0. The second kappa shape index (κ2) is 5.63. The summed E-state index contributed by atoms with van der Waals surface area (Å²) in [5.74, 6) is 0.153. The van der Waals surface area contributed by atoms with Crippen LogP contribution in [0.3, 0.4) is 0 Å². The van der Waals surface area contributed by atoms with E-state index in [1.54, 1.807) is 0 Å². The van der Waals surface area contributed by atoms with Gasteiger partial charge in [0.2, 0.25) is 0 Å². The van der Waals surface area contributed by atoms with Crippen molar-refractivity contribution in [3.63, 3.8) is 0 Å². The average molecular weight is 399 g/mol. The number of halogens is 2. The van der Waals surface area contributed by atoms with E-state index in [0.29, 0.717) is 10.5 Å². The van der Waals surface area contributed by atoms with Gasteiger partial charge in [-0.25, -0.2) is 0 Å². The van der Waals surface area contributed by atoms with E-state index in [4.69, 9.17) is 0 Å². The highest BCUT2D eigenvalue weighted by Gasteiger charge is 2.27. The number of carbonyl (C=O) groups excluding carboxylic acids is 1. The third-order valence-corrected chi connectivity index (χ3v) is 7.03. The van der Waals surface area contributed by atoms with Crippen molar-refractivity contribution in [1.82, 2.24) is 4.90 Å². The van der Waals surface area contributed by atoms with Gasteiger partial charge in [-0.3, -0.25) is 4.79 Å². The lowest BCUT2D eigenvalue weighted by Crippen LogP contribution is -2.43. The second-order valence-corrected chi connectivity index (χ2v) is 9.31. The molecule has 2 nitrogen and oxygen atoms in total. The molecule has 2 atom stereocenters. The lowest BCUT2D eigenvalue weighted by atomic mass is 10.3. The van der Waals surface area contributed by atoms with Crippen LogP contribution in [-0.2, 0) is 0 Å². The summed E-state index contributed by atoms with van der Waals surface area (Å²) in [5.41, 5.74) is 0. The molecule has 2 rings (SSSR count). The zero-order chi connectivity index (χ0) is 12.6. The van der Waals surface area contributed by atoms with Gasteiger partial charge in [0.15, 0.2) is 0 Å². The van der Waals surface area contributed by atoms with E-state index in [-0.39, 0.29) is 5.91 Å². The quantitative estimate of drug-likeness (QED) is 0.705. The van der Waals surface area contributed by atoms with Gasteiger partial charge >= 0.3 is 0 Å². The van der Waals surface area contributed by atoms with Crippen LogP contribution >= 0.6 is 55.0 Å². The van der Waals surface area contributed by atoms with Crippen LogP contribution in [0.15, 0.2) is 14.3 Å². The third-order valence-electron chi connectivity index (χ3n) is 2.56. The lowest BCUT2D eigenvalue weighted by molar-refractivity contribution is 0.0758. The molecule has 0 aromatic carbocycles. The Kier molecular flexibility index (Phi) is 4.61. The number of rotatable bonds is 1. The van der Waals surface area contributed by atoms with Crippen LogP contribution in [0.5, 0.6) is 0 Å². The molecule has 2 unspecified atom stereocenters. The van der Waals surface area contributed by atoms with Crippen molar-refractivity contribution in [3.05, 3.63) is 19.2 Å². The number of hydrogen-bond donors (Lipinski definition) is 0. The van der Waals surface area contributed by atoms with Crippen LogP contribution in [0.25, 0.3) is 0 Å². The Labute approximate surface area is 126 Å². The molecular weight excluding hydrogens is 386 g/mol. The van der Waals surface area contributed by atoms with Crippen molar-refractivity contribution < 1.29 is 4.79 Å². The largest absolute Gasteiger partial charge is 0.336 e. The fraction of sp³-hybridized carbons (Fsp3) is 0.545. The van der Waals surface area contributed by atoms with Gasteiger partial charge in [0.05, 0.1) is 8.66 Å². The molecule has 94 valence electrons. The predicted octanol–water partition coefficient (Wildman–Crippen LogP) is 4.24. The molecule has 0 bridgehead atoms. The Morgan fingerprint density at radius 3 is 2.41 bits per heavy atom. The standard InChI is InChI=1S/C11H13Br2NOS2/c1-6-4-14(5-7(2)16-6)11(15)9-3-8(12)10(13)17-9/h3,6-7H,4-5H2,1-2H3. The Morgan fingerprint density at radius 2 is 1.94 bits per heavy atom. The maximum atomic E-state index is 12.3. The van der Waals surface area contributed by atoms with Gasteiger partial charge in [0.25, 0.3) is 5.91 Å². The maximum Gasteiger partial charge on any atom is 0.264 e. The average Bonchev–Trinajstić information content (AvgIpc) is 2.57. The first-order valence-corrected chi connectivity index (χ1v) is 8.71. The summed E-state index contributed by atoms with van der Waals surface area (Å²) in [6.07, 6.45) is 0. The Balaban J connectivity index is 2.14. The molecule has 1 aromatic heterocycles. The summed E-state index contributed by atoms with van der Waals surface area (Å²) in [6, 6.07) is 1.90. The van der Waals surface area contributed by atoms with Crippen LogP contribution in [0, 0.1) is 0 Å².